The van der Waals surface area contributed by atoms with Gasteiger partial charge in [-0.25, -0.2) is 0 Å². The molecule has 0 aliphatic carbocycles. The van der Waals surface area contributed by atoms with E-state index in [1.807, 2.05) is 0 Å². The van der Waals surface area contributed by atoms with Gasteiger partial charge in [-0.1, -0.05) is 46.6 Å². The average molecular weight is 324 g/mol. The summed E-state index contributed by atoms with van der Waals surface area (Å²) in [5.41, 5.74) is 0.616. The summed E-state index contributed by atoms with van der Waals surface area (Å²) in [6.07, 6.45) is 1.06. The van der Waals surface area contributed by atoms with Crippen molar-refractivity contribution < 1.29 is 0 Å². The lowest BCUT2D eigenvalue weighted by atomic mass is 10.0. The highest BCUT2D eigenvalue weighted by atomic mass is 35.5. The van der Waals surface area contributed by atoms with Gasteiger partial charge < -0.3 is 5.32 Å². The standard InChI is InChI=1S/C12H13Cl3N2S/c1-12(2)3-4-18-11(17-12)16-10-8(14)5-7(13)6-9(10)15/h5-6H,3-4H2,1-2H3,(H,16,17). The molecule has 1 heterocycles. The van der Waals surface area contributed by atoms with Crippen LogP contribution < -0.4 is 5.32 Å². The molecule has 0 amide bonds. The fourth-order valence-corrected chi connectivity index (χ4v) is 3.79. The Bertz CT molecular complexity index is 477. The predicted molar refractivity (Wildman–Crippen MR) is 83.7 cm³/mol. The van der Waals surface area contributed by atoms with Crippen LogP contribution in [0.4, 0.5) is 5.69 Å². The topological polar surface area (TPSA) is 24.4 Å². The molecule has 18 heavy (non-hydrogen) atoms. The van der Waals surface area contributed by atoms with Crippen LogP contribution in [0.1, 0.15) is 20.3 Å². The van der Waals surface area contributed by atoms with Crippen molar-refractivity contribution in [2.45, 2.75) is 25.8 Å². The van der Waals surface area contributed by atoms with Gasteiger partial charge in [0.2, 0.25) is 0 Å². The fraction of sp³-hybridized carbons (Fsp3) is 0.417. The number of hydrogen-bond acceptors (Lipinski definition) is 3. The molecule has 0 aromatic heterocycles. The summed E-state index contributed by atoms with van der Waals surface area (Å²) in [4.78, 5) is 4.63. The Kier molecular flexibility index (Phi) is 4.37. The van der Waals surface area contributed by atoms with Crippen LogP contribution in [0.15, 0.2) is 17.1 Å². The summed E-state index contributed by atoms with van der Waals surface area (Å²) >= 11 is 19.8. The zero-order valence-corrected chi connectivity index (χ0v) is 13.1. The fourth-order valence-electron chi connectivity index (χ4n) is 1.59. The summed E-state index contributed by atoms with van der Waals surface area (Å²) in [6, 6.07) is 3.33. The van der Waals surface area contributed by atoms with E-state index in [1.54, 1.807) is 23.9 Å². The van der Waals surface area contributed by atoms with Crippen LogP contribution in [0.3, 0.4) is 0 Å². The highest BCUT2D eigenvalue weighted by Gasteiger charge is 2.23. The minimum Gasteiger partial charge on any atom is -0.333 e. The zero-order chi connectivity index (χ0) is 13.3. The largest absolute Gasteiger partial charge is 0.333 e. The Morgan fingerprint density at radius 1 is 1.22 bits per heavy atom. The number of thioether (sulfide) groups is 1. The predicted octanol–water partition coefficient (Wildman–Crippen LogP) is 5.33. The smallest absolute Gasteiger partial charge is 0.161 e. The molecule has 0 radical (unpaired) electrons. The van der Waals surface area contributed by atoms with Gasteiger partial charge in [-0.15, -0.1) is 0 Å². The lowest BCUT2D eigenvalue weighted by Crippen LogP contribution is -2.27. The van der Waals surface area contributed by atoms with Gasteiger partial charge in [0.05, 0.1) is 21.3 Å². The van der Waals surface area contributed by atoms with E-state index in [9.17, 15) is 0 Å². The van der Waals surface area contributed by atoms with E-state index in [4.69, 9.17) is 34.8 Å². The maximum absolute atomic E-state index is 6.13. The second kappa shape index (κ2) is 5.49. The Morgan fingerprint density at radius 3 is 2.39 bits per heavy atom. The van der Waals surface area contributed by atoms with E-state index in [-0.39, 0.29) is 5.54 Å². The number of halogens is 3. The first kappa shape index (κ1) is 14.3. The van der Waals surface area contributed by atoms with E-state index in [0.717, 1.165) is 17.3 Å². The van der Waals surface area contributed by atoms with Crippen molar-refractivity contribution in [3.05, 3.63) is 27.2 Å². The van der Waals surface area contributed by atoms with Gasteiger partial charge >= 0.3 is 0 Å². The second-order valence-electron chi connectivity index (χ2n) is 4.70. The normalized spacial score (nSPS) is 18.4. The molecular formula is C12H13Cl3N2S. The third-order valence-corrected chi connectivity index (χ3v) is 4.29. The molecule has 0 saturated carbocycles. The van der Waals surface area contributed by atoms with Gasteiger partial charge in [0.15, 0.2) is 5.17 Å². The van der Waals surface area contributed by atoms with Crippen LogP contribution in [0.25, 0.3) is 0 Å². The number of nitrogens with zero attached hydrogens (tertiary/aromatic N) is 1. The monoisotopic (exact) mass is 322 g/mol. The second-order valence-corrected chi connectivity index (χ2v) is 7.03. The molecule has 0 saturated heterocycles. The van der Waals surface area contributed by atoms with Gasteiger partial charge in [-0.2, -0.15) is 0 Å². The highest BCUT2D eigenvalue weighted by Crippen LogP contribution is 2.35. The van der Waals surface area contributed by atoms with Crippen molar-refractivity contribution in [2.24, 2.45) is 4.99 Å². The van der Waals surface area contributed by atoms with E-state index in [1.165, 1.54) is 0 Å². The van der Waals surface area contributed by atoms with Crippen LogP contribution in [-0.4, -0.2) is 16.5 Å². The first-order valence-electron chi connectivity index (χ1n) is 5.52. The van der Waals surface area contributed by atoms with Crippen LogP contribution in [0.5, 0.6) is 0 Å². The van der Waals surface area contributed by atoms with Crippen molar-refractivity contribution in [1.29, 1.82) is 0 Å². The average Bonchev–Trinajstić information content (AvgIpc) is 2.22. The number of nitrogens with one attached hydrogen (secondary N) is 1. The molecule has 0 unspecified atom stereocenters. The summed E-state index contributed by atoms with van der Waals surface area (Å²) in [5.74, 6) is 1.03. The van der Waals surface area contributed by atoms with Crippen molar-refractivity contribution in [2.75, 3.05) is 11.1 Å². The minimum atomic E-state index is -0.0427. The van der Waals surface area contributed by atoms with Crippen LogP contribution in [0, 0.1) is 0 Å². The number of anilines is 1. The first-order valence-corrected chi connectivity index (χ1v) is 7.63. The van der Waals surface area contributed by atoms with Crippen molar-refractivity contribution >= 4 is 57.4 Å². The van der Waals surface area contributed by atoms with E-state index < -0.39 is 0 Å². The highest BCUT2D eigenvalue weighted by molar-refractivity contribution is 8.14. The Morgan fingerprint density at radius 2 is 1.83 bits per heavy atom. The lowest BCUT2D eigenvalue weighted by Gasteiger charge is -2.26. The minimum absolute atomic E-state index is 0.0427. The lowest BCUT2D eigenvalue weighted by molar-refractivity contribution is 0.507. The molecule has 1 aliphatic heterocycles. The molecule has 98 valence electrons. The van der Waals surface area contributed by atoms with Crippen molar-refractivity contribution in [3.8, 4) is 0 Å². The first-order chi connectivity index (χ1) is 8.37. The van der Waals surface area contributed by atoms with Gasteiger partial charge in [0.25, 0.3) is 0 Å². The molecular weight excluding hydrogens is 311 g/mol. The molecule has 1 aromatic rings. The van der Waals surface area contributed by atoms with Gasteiger partial charge in [0, 0.05) is 10.8 Å². The van der Waals surface area contributed by atoms with E-state index in [2.05, 4.69) is 24.2 Å². The van der Waals surface area contributed by atoms with E-state index >= 15 is 0 Å². The molecule has 0 spiro atoms. The van der Waals surface area contributed by atoms with Gasteiger partial charge in [-0.05, 0) is 32.4 Å². The molecule has 0 bridgehead atoms. The Labute approximate surface area is 126 Å². The van der Waals surface area contributed by atoms with Crippen molar-refractivity contribution in [3.63, 3.8) is 0 Å². The number of rotatable bonds is 1. The molecule has 1 aromatic carbocycles. The number of aliphatic imine (C=N–C) groups is 1. The summed E-state index contributed by atoms with van der Waals surface area (Å²) in [6.45, 7) is 4.22. The van der Waals surface area contributed by atoms with Crippen LogP contribution in [-0.2, 0) is 0 Å². The Hall–Kier alpha value is -0.0900. The van der Waals surface area contributed by atoms with Crippen LogP contribution in [0.2, 0.25) is 15.1 Å². The maximum Gasteiger partial charge on any atom is 0.161 e. The molecule has 0 atom stereocenters. The molecule has 2 nitrogen and oxygen atoms in total. The third-order valence-electron chi connectivity index (χ3n) is 2.60. The van der Waals surface area contributed by atoms with E-state index in [0.29, 0.717) is 20.8 Å². The molecule has 1 aliphatic rings. The van der Waals surface area contributed by atoms with Crippen molar-refractivity contribution in [1.82, 2.24) is 0 Å². The number of benzene rings is 1. The number of amidine groups is 1. The summed E-state index contributed by atoms with van der Waals surface area (Å²) in [7, 11) is 0. The maximum atomic E-state index is 6.13. The number of hydrogen-bond donors (Lipinski definition) is 1. The summed E-state index contributed by atoms with van der Waals surface area (Å²) < 4.78 is 0. The quantitative estimate of drug-likeness (QED) is 0.755. The SMILES string of the molecule is CC1(C)CCSC(Nc2c(Cl)cc(Cl)cc2Cl)=N1. The summed E-state index contributed by atoms with van der Waals surface area (Å²) in [5, 5.41) is 5.56. The van der Waals surface area contributed by atoms with Gasteiger partial charge in [-0.3, -0.25) is 4.99 Å². The molecule has 6 heteroatoms. The van der Waals surface area contributed by atoms with Gasteiger partial charge in [0.1, 0.15) is 0 Å². The molecule has 1 N–H and O–H groups in total. The molecule has 0 fully saturated rings. The zero-order valence-electron chi connectivity index (χ0n) is 10.1. The third kappa shape index (κ3) is 3.47. The Balaban J connectivity index is 2.27. The van der Waals surface area contributed by atoms with Crippen LogP contribution >= 0.6 is 46.6 Å². The molecule has 2 rings (SSSR count).